The largest absolute Gasteiger partial charge is 0.503 e. The maximum Gasteiger partial charge on any atom is 0.419 e. The van der Waals surface area contributed by atoms with E-state index in [1.54, 1.807) is 0 Å². The van der Waals surface area contributed by atoms with Crippen molar-refractivity contribution in [2.45, 2.75) is 55.8 Å². The molecule has 0 aliphatic heterocycles. The molecule has 186 valence electrons. The van der Waals surface area contributed by atoms with Crippen LogP contribution in [-0.4, -0.2) is 41.1 Å². The van der Waals surface area contributed by atoms with Crippen molar-refractivity contribution in [3.8, 4) is 17.0 Å². The van der Waals surface area contributed by atoms with Crippen LogP contribution in [0.3, 0.4) is 0 Å². The van der Waals surface area contributed by atoms with Crippen LogP contribution in [0.25, 0.3) is 22.3 Å². The molecule has 2 unspecified atom stereocenters. The van der Waals surface area contributed by atoms with Gasteiger partial charge in [-0.2, -0.15) is 23.3 Å². The molecule has 0 radical (unpaired) electrons. The number of benzene rings is 1. The van der Waals surface area contributed by atoms with Crippen LogP contribution < -0.4 is 5.32 Å². The Morgan fingerprint density at radius 2 is 1.80 bits per heavy atom. The summed E-state index contributed by atoms with van der Waals surface area (Å²) < 4.78 is 69.6. The molecule has 0 saturated heterocycles. The number of alkyl halides is 3. The van der Waals surface area contributed by atoms with E-state index in [9.17, 15) is 32.2 Å². The molecule has 7 nitrogen and oxygen atoms in total. The first-order valence-electron chi connectivity index (χ1n) is 11.4. The molecule has 4 fully saturated rings. The molecule has 2 heterocycles. The molecule has 7 rings (SSSR count). The number of halogens is 5. The lowest BCUT2D eigenvalue weighted by molar-refractivity contribution is -0.140. The zero-order chi connectivity index (χ0) is 24.9. The molecule has 4 aliphatic carbocycles. The van der Waals surface area contributed by atoms with Gasteiger partial charge in [0.25, 0.3) is 0 Å². The third-order valence-electron chi connectivity index (χ3n) is 7.73. The van der Waals surface area contributed by atoms with Crippen LogP contribution in [0.4, 0.5) is 27.9 Å². The van der Waals surface area contributed by atoms with Gasteiger partial charge in [0, 0.05) is 24.3 Å². The second-order valence-electron chi connectivity index (χ2n) is 10.4. The van der Waals surface area contributed by atoms with Crippen LogP contribution in [0.5, 0.6) is 5.75 Å². The van der Waals surface area contributed by atoms with Gasteiger partial charge in [0.05, 0.1) is 16.6 Å². The minimum atomic E-state index is -5.15. The summed E-state index contributed by atoms with van der Waals surface area (Å²) >= 11 is 0. The smallest absolute Gasteiger partial charge is 0.419 e. The first-order valence-corrected chi connectivity index (χ1v) is 11.4. The Kier molecular flexibility index (Phi) is 4.50. The van der Waals surface area contributed by atoms with Crippen LogP contribution >= 0.6 is 0 Å². The predicted octanol–water partition coefficient (Wildman–Crippen LogP) is 4.53. The lowest BCUT2D eigenvalue weighted by atomic mass is 9.51. The molecule has 0 spiro atoms. The summed E-state index contributed by atoms with van der Waals surface area (Å²) in [6, 6.07) is 0.286. The highest BCUT2D eigenvalue weighted by atomic mass is 19.4. The van der Waals surface area contributed by atoms with Gasteiger partial charge in [-0.3, -0.25) is 0 Å². The molecule has 3 aromatic rings. The Balaban J connectivity index is 1.40. The number of nitrogens with one attached hydrogen (secondary N) is 1. The van der Waals surface area contributed by atoms with Crippen molar-refractivity contribution < 1.29 is 32.2 Å². The highest BCUT2D eigenvalue weighted by molar-refractivity contribution is 5.91. The number of aryl methyl sites for hydroxylation is 1. The van der Waals surface area contributed by atoms with E-state index in [0.29, 0.717) is 18.3 Å². The second kappa shape index (κ2) is 7.02. The fourth-order valence-electron chi connectivity index (χ4n) is 6.90. The highest BCUT2D eigenvalue weighted by Crippen LogP contribution is 2.58. The lowest BCUT2D eigenvalue weighted by Crippen LogP contribution is -2.62. The fraction of sp³-hybridized carbons (Fsp3) is 0.522. The minimum Gasteiger partial charge on any atom is -0.503 e. The van der Waals surface area contributed by atoms with E-state index in [0.717, 1.165) is 32.1 Å². The molecule has 3 N–H and O–H groups in total. The Morgan fingerprint density at radius 1 is 1.11 bits per heavy atom. The van der Waals surface area contributed by atoms with E-state index in [1.165, 1.54) is 17.9 Å². The van der Waals surface area contributed by atoms with Crippen LogP contribution in [0, 0.1) is 23.5 Å². The van der Waals surface area contributed by atoms with E-state index < -0.39 is 40.3 Å². The molecular formula is C23H22F5N5O2. The maximum absolute atomic E-state index is 14.7. The SMILES string of the molecule is Cn1nc(-c2cc(C(F)(F)F)c(F)c(O)c2F)c2cnc(NC34CC5CC(CC(O)(C5)C3)C4)nc21. The average Bonchev–Trinajstić information content (AvgIpc) is 3.05. The topological polar surface area (TPSA) is 96.1 Å². The first-order chi connectivity index (χ1) is 16.4. The summed E-state index contributed by atoms with van der Waals surface area (Å²) in [6.07, 6.45) is 1.24. The summed E-state index contributed by atoms with van der Waals surface area (Å²) in [4.78, 5) is 8.78. The molecule has 0 amide bonds. The number of aromatic nitrogens is 4. The van der Waals surface area contributed by atoms with Crippen molar-refractivity contribution >= 4 is 17.0 Å². The zero-order valence-corrected chi connectivity index (χ0v) is 18.6. The van der Waals surface area contributed by atoms with Crippen molar-refractivity contribution in [2.24, 2.45) is 18.9 Å². The predicted molar refractivity (Wildman–Crippen MR) is 114 cm³/mol. The van der Waals surface area contributed by atoms with Crippen molar-refractivity contribution in [1.29, 1.82) is 0 Å². The number of hydrogen-bond acceptors (Lipinski definition) is 6. The van der Waals surface area contributed by atoms with E-state index in [1.807, 2.05) is 0 Å². The van der Waals surface area contributed by atoms with Gasteiger partial charge in [-0.05, 0) is 56.4 Å². The highest BCUT2D eigenvalue weighted by Gasteiger charge is 2.57. The van der Waals surface area contributed by atoms with Gasteiger partial charge in [-0.15, -0.1) is 0 Å². The fourth-order valence-corrected chi connectivity index (χ4v) is 6.90. The normalized spacial score (nSPS) is 29.8. The van der Waals surface area contributed by atoms with E-state index in [-0.39, 0.29) is 34.3 Å². The Morgan fingerprint density at radius 3 is 2.43 bits per heavy atom. The molecule has 1 aromatic carbocycles. The van der Waals surface area contributed by atoms with E-state index >= 15 is 0 Å². The van der Waals surface area contributed by atoms with Gasteiger partial charge in [0.1, 0.15) is 5.69 Å². The Bertz CT molecular complexity index is 1360. The quantitative estimate of drug-likeness (QED) is 0.462. The summed E-state index contributed by atoms with van der Waals surface area (Å²) in [5.41, 5.74) is -3.59. The van der Waals surface area contributed by atoms with Gasteiger partial charge >= 0.3 is 6.18 Å². The standard InChI is InChI=1S/C23H22F5N5O2/c1-33-19-13(17(32-33)12-3-14(23(26,27)28)16(25)18(34)15(12)24)8-29-20(30-19)31-21-4-10-2-11(5-21)7-22(35,6-10)9-21/h3,8,10-11,34-35H,2,4-7,9H2,1H3,(H,29,30,31). The zero-order valence-electron chi connectivity index (χ0n) is 18.6. The number of fused-ring (bicyclic) bond motifs is 1. The first kappa shape index (κ1) is 22.4. The molecule has 4 bridgehead atoms. The minimum absolute atomic E-state index is 0.139. The van der Waals surface area contributed by atoms with E-state index in [2.05, 4.69) is 20.4 Å². The third kappa shape index (κ3) is 3.44. The number of anilines is 1. The molecule has 2 aromatic heterocycles. The van der Waals surface area contributed by atoms with Crippen molar-refractivity contribution in [1.82, 2.24) is 19.7 Å². The second-order valence-corrected chi connectivity index (χ2v) is 10.4. The monoisotopic (exact) mass is 495 g/mol. The third-order valence-corrected chi connectivity index (χ3v) is 7.73. The summed E-state index contributed by atoms with van der Waals surface area (Å²) in [7, 11) is 1.49. The molecule has 35 heavy (non-hydrogen) atoms. The molecule has 12 heteroatoms. The summed E-state index contributed by atoms with van der Waals surface area (Å²) in [6.45, 7) is 0. The number of phenolic OH excluding ortho intramolecular Hbond substituents is 1. The summed E-state index contributed by atoms with van der Waals surface area (Å²) in [5, 5.41) is 28.3. The average molecular weight is 495 g/mol. The Labute approximate surface area is 196 Å². The number of nitrogens with zero attached hydrogens (tertiary/aromatic N) is 4. The van der Waals surface area contributed by atoms with Gasteiger partial charge in [-0.1, -0.05) is 0 Å². The van der Waals surface area contributed by atoms with E-state index in [4.69, 9.17) is 0 Å². The molecular weight excluding hydrogens is 473 g/mol. The number of aliphatic hydroxyl groups is 1. The van der Waals surface area contributed by atoms with Crippen molar-refractivity contribution in [2.75, 3.05) is 5.32 Å². The van der Waals surface area contributed by atoms with Crippen LogP contribution in [0.2, 0.25) is 0 Å². The number of rotatable bonds is 3. The van der Waals surface area contributed by atoms with Gasteiger partial charge < -0.3 is 15.5 Å². The summed E-state index contributed by atoms with van der Waals surface area (Å²) in [5.74, 6) is -4.24. The molecule has 4 saturated carbocycles. The molecule has 2 atom stereocenters. The molecule has 4 aliphatic rings. The van der Waals surface area contributed by atoms with Crippen LogP contribution in [0.15, 0.2) is 12.3 Å². The Hall–Kier alpha value is -3.02. The van der Waals surface area contributed by atoms with Crippen LogP contribution in [-0.2, 0) is 13.2 Å². The lowest BCUT2D eigenvalue weighted by Gasteiger charge is -2.60. The number of hydrogen-bond donors (Lipinski definition) is 3. The number of aromatic hydroxyl groups is 1. The number of phenols is 1. The van der Waals surface area contributed by atoms with Gasteiger partial charge in [0.15, 0.2) is 23.0 Å². The van der Waals surface area contributed by atoms with Crippen molar-refractivity contribution in [3.63, 3.8) is 0 Å². The van der Waals surface area contributed by atoms with Crippen LogP contribution in [0.1, 0.15) is 44.1 Å². The van der Waals surface area contributed by atoms with Crippen molar-refractivity contribution in [3.05, 3.63) is 29.5 Å². The maximum atomic E-state index is 14.7. The van der Waals surface area contributed by atoms with Gasteiger partial charge in [-0.25, -0.2) is 18.4 Å². The van der Waals surface area contributed by atoms with Gasteiger partial charge in [0.2, 0.25) is 5.95 Å².